The predicted octanol–water partition coefficient (Wildman–Crippen LogP) is 1.68. The Kier molecular flexibility index (Phi) is 4.81. The summed E-state index contributed by atoms with van der Waals surface area (Å²) in [5.41, 5.74) is 0.967. The van der Waals surface area contributed by atoms with Gasteiger partial charge >= 0.3 is 5.97 Å². The number of carbonyl (C=O) groups is 2. The first-order chi connectivity index (χ1) is 11.1. The molecule has 2 atom stereocenters. The molecule has 2 fully saturated rings. The molecule has 23 heavy (non-hydrogen) atoms. The highest BCUT2D eigenvalue weighted by Crippen LogP contribution is 2.22. The fraction of sp³-hybridized carbons (Fsp3) is 0.529. The lowest BCUT2D eigenvalue weighted by atomic mass is 10.1. The summed E-state index contributed by atoms with van der Waals surface area (Å²) in [5, 5.41) is 8.99. The van der Waals surface area contributed by atoms with Gasteiger partial charge in [-0.2, -0.15) is 0 Å². The molecule has 1 aromatic rings. The largest absolute Gasteiger partial charge is 0.491 e. The van der Waals surface area contributed by atoms with E-state index >= 15 is 0 Å². The molecule has 0 spiro atoms. The van der Waals surface area contributed by atoms with E-state index in [0.29, 0.717) is 13.2 Å². The van der Waals surface area contributed by atoms with E-state index in [-0.39, 0.29) is 25.0 Å². The molecule has 3 rings (SSSR count). The maximum atomic E-state index is 11.8. The Hall–Kier alpha value is -2.08. The van der Waals surface area contributed by atoms with Gasteiger partial charge in [-0.05, 0) is 30.5 Å². The van der Waals surface area contributed by atoms with Crippen LogP contribution in [-0.2, 0) is 20.9 Å². The molecule has 0 aromatic heterocycles. The summed E-state index contributed by atoms with van der Waals surface area (Å²) >= 11 is 0. The highest BCUT2D eigenvalue weighted by Gasteiger charge is 2.34. The van der Waals surface area contributed by atoms with Crippen LogP contribution in [0.3, 0.4) is 0 Å². The zero-order chi connectivity index (χ0) is 16.2. The fourth-order valence-corrected chi connectivity index (χ4v) is 2.97. The summed E-state index contributed by atoms with van der Waals surface area (Å²) in [6.45, 7) is 2.10. The van der Waals surface area contributed by atoms with Crippen molar-refractivity contribution in [1.82, 2.24) is 4.90 Å². The number of hydrogen-bond acceptors (Lipinski definition) is 4. The Morgan fingerprint density at radius 3 is 2.74 bits per heavy atom. The highest BCUT2D eigenvalue weighted by molar-refractivity contribution is 5.86. The summed E-state index contributed by atoms with van der Waals surface area (Å²) < 4.78 is 11.2. The maximum Gasteiger partial charge on any atom is 0.308 e. The van der Waals surface area contributed by atoms with E-state index in [1.807, 2.05) is 24.3 Å². The smallest absolute Gasteiger partial charge is 0.308 e. The van der Waals surface area contributed by atoms with Crippen LogP contribution >= 0.6 is 0 Å². The second kappa shape index (κ2) is 7.00. The number of carboxylic acids is 1. The van der Waals surface area contributed by atoms with Gasteiger partial charge in [0.2, 0.25) is 5.91 Å². The topological polar surface area (TPSA) is 76.1 Å². The van der Waals surface area contributed by atoms with Gasteiger partial charge in [0.05, 0.1) is 12.0 Å². The Bertz CT molecular complexity index is 565. The van der Waals surface area contributed by atoms with Crippen LogP contribution in [0.15, 0.2) is 24.3 Å². The van der Waals surface area contributed by atoms with Crippen molar-refractivity contribution in [3.8, 4) is 5.75 Å². The van der Waals surface area contributed by atoms with Crippen LogP contribution in [0.2, 0.25) is 0 Å². The van der Waals surface area contributed by atoms with Crippen molar-refractivity contribution < 1.29 is 24.2 Å². The second-order valence-electron chi connectivity index (χ2n) is 6.10. The van der Waals surface area contributed by atoms with Gasteiger partial charge in [0.15, 0.2) is 0 Å². The lowest BCUT2D eigenvalue weighted by Gasteiger charge is -2.16. The molecule has 6 heteroatoms. The van der Waals surface area contributed by atoms with E-state index in [4.69, 9.17) is 14.6 Å². The molecule has 0 bridgehead atoms. The zero-order valence-corrected chi connectivity index (χ0v) is 12.9. The van der Waals surface area contributed by atoms with Crippen molar-refractivity contribution >= 4 is 11.9 Å². The monoisotopic (exact) mass is 319 g/mol. The molecular formula is C17H21NO5. The standard InChI is InChI=1S/C17H21NO5/c19-16-8-13(17(20)21)10-18(16)9-12-3-5-14(6-4-12)23-11-15-2-1-7-22-15/h3-6,13,15H,1-2,7-11H2,(H,20,21). The summed E-state index contributed by atoms with van der Waals surface area (Å²) in [6.07, 6.45) is 2.41. The number of nitrogens with zero attached hydrogens (tertiary/aromatic N) is 1. The van der Waals surface area contributed by atoms with Crippen LogP contribution in [0.5, 0.6) is 5.75 Å². The van der Waals surface area contributed by atoms with Gasteiger partial charge in [0.1, 0.15) is 12.4 Å². The van der Waals surface area contributed by atoms with Crippen LogP contribution in [0.25, 0.3) is 0 Å². The van der Waals surface area contributed by atoms with Gasteiger partial charge in [-0.25, -0.2) is 0 Å². The van der Waals surface area contributed by atoms with E-state index in [0.717, 1.165) is 30.8 Å². The molecule has 124 valence electrons. The van der Waals surface area contributed by atoms with Crippen molar-refractivity contribution in [2.24, 2.45) is 5.92 Å². The van der Waals surface area contributed by atoms with Gasteiger partial charge < -0.3 is 19.5 Å². The van der Waals surface area contributed by atoms with Crippen molar-refractivity contribution in [2.75, 3.05) is 19.8 Å². The number of carbonyl (C=O) groups excluding carboxylic acids is 1. The summed E-state index contributed by atoms with van der Waals surface area (Å²) in [7, 11) is 0. The molecule has 2 aliphatic rings. The summed E-state index contributed by atoms with van der Waals surface area (Å²) in [6, 6.07) is 7.57. The number of amides is 1. The molecule has 6 nitrogen and oxygen atoms in total. The first-order valence-electron chi connectivity index (χ1n) is 7.96. The normalized spacial score (nSPS) is 24.2. The van der Waals surface area contributed by atoms with Crippen LogP contribution in [-0.4, -0.2) is 47.7 Å². The fourth-order valence-electron chi connectivity index (χ4n) is 2.97. The van der Waals surface area contributed by atoms with Crippen molar-refractivity contribution in [3.05, 3.63) is 29.8 Å². The van der Waals surface area contributed by atoms with E-state index in [1.54, 1.807) is 4.90 Å². The molecule has 2 unspecified atom stereocenters. The average Bonchev–Trinajstić information content (AvgIpc) is 3.17. The van der Waals surface area contributed by atoms with Crippen molar-refractivity contribution in [2.45, 2.75) is 31.9 Å². The minimum Gasteiger partial charge on any atom is -0.491 e. The third kappa shape index (κ3) is 4.01. The molecule has 1 amide bonds. The van der Waals surface area contributed by atoms with Crippen LogP contribution in [0, 0.1) is 5.92 Å². The third-order valence-corrected chi connectivity index (χ3v) is 4.32. The number of benzene rings is 1. The number of ether oxygens (including phenoxy) is 2. The first-order valence-corrected chi connectivity index (χ1v) is 7.96. The molecule has 1 N–H and O–H groups in total. The lowest BCUT2D eigenvalue weighted by Crippen LogP contribution is -2.25. The zero-order valence-electron chi connectivity index (χ0n) is 12.9. The van der Waals surface area contributed by atoms with E-state index < -0.39 is 11.9 Å². The van der Waals surface area contributed by atoms with Gasteiger partial charge in [-0.15, -0.1) is 0 Å². The summed E-state index contributed by atoms with van der Waals surface area (Å²) in [5.74, 6) is -0.813. The van der Waals surface area contributed by atoms with Crippen molar-refractivity contribution in [1.29, 1.82) is 0 Å². The van der Waals surface area contributed by atoms with E-state index in [9.17, 15) is 9.59 Å². The predicted molar refractivity (Wildman–Crippen MR) is 82.1 cm³/mol. The molecule has 0 aliphatic carbocycles. The van der Waals surface area contributed by atoms with E-state index in [2.05, 4.69) is 0 Å². The first kappa shape index (κ1) is 15.8. The van der Waals surface area contributed by atoms with Crippen LogP contribution in [0.1, 0.15) is 24.8 Å². The van der Waals surface area contributed by atoms with E-state index in [1.165, 1.54) is 0 Å². The molecule has 1 aromatic carbocycles. The Morgan fingerprint density at radius 2 is 2.13 bits per heavy atom. The molecule has 0 radical (unpaired) electrons. The van der Waals surface area contributed by atoms with Gasteiger partial charge in [-0.3, -0.25) is 9.59 Å². The third-order valence-electron chi connectivity index (χ3n) is 4.32. The Labute approximate surface area is 135 Å². The number of likely N-dealkylation sites (tertiary alicyclic amines) is 1. The number of rotatable bonds is 6. The number of aliphatic carboxylic acids is 1. The molecule has 2 heterocycles. The molecule has 2 saturated heterocycles. The van der Waals surface area contributed by atoms with Gasteiger partial charge in [0.25, 0.3) is 0 Å². The number of hydrogen-bond donors (Lipinski definition) is 1. The van der Waals surface area contributed by atoms with Crippen LogP contribution < -0.4 is 4.74 Å². The van der Waals surface area contributed by atoms with Gasteiger partial charge in [0, 0.05) is 26.1 Å². The lowest BCUT2D eigenvalue weighted by molar-refractivity contribution is -0.141. The Balaban J connectivity index is 1.51. The minimum atomic E-state index is -0.904. The second-order valence-corrected chi connectivity index (χ2v) is 6.10. The van der Waals surface area contributed by atoms with Gasteiger partial charge in [-0.1, -0.05) is 12.1 Å². The molecule has 0 saturated carbocycles. The SMILES string of the molecule is O=C(O)C1CC(=O)N(Cc2ccc(OCC3CCCO3)cc2)C1. The Morgan fingerprint density at radius 1 is 1.35 bits per heavy atom. The summed E-state index contributed by atoms with van der Waals surface area (Å²) in [4.78, 5) is 24.4. The van der Waals surface area contributed by atoms with Crippen molar-refractivity contribution in [3.63, 3.8) is 0 Å². The molecular weight excluding hydrogens is 298 g/mol. The highest BCUT2D eigenvalue weighted by atomic mass is 16.5. The molecule has 2 aliphatic heterocycles. The average molecular weight is 319 g/mol. The maximum absolute atomic E-state index is 11.8. The number of carboxylic acid groups (broad SMARTS) is 1. The van der Waals surface area contributed by atoms with Crippen LogP contribution in [0.4, 0.5) is 0 Å². The minimum absolute atomic E-state index is 0.0952. The quantitative estimate of drug-likeness (QED) is 0.863.